The van der Waals surface area contributed by atoms with Crippen LogP contribution in [0.3, 0.4) is 0 Å². The van der Waals surface area contributed by atoms with Gasteiger partial charge in [-0.05, 0) is 19.9 Å². The molecular weight excluding hydrogens is 299 g/mol. The summed E-state index contributed by atoms with van der Waals surface area (Å²) in [5.41, 5.74) is -0.266. The fourth-order valence-electron chi connectivity index (χ4n) is 1.68. The Morgan fingerprint density at radius 3 is 2.70 bits per heavy atom. The van der Waals surface area contributed by atoms with Gasteiger partial charge in [0.1, 0.15) is 6.04 Å². The molecule has 0 aliphatic rings. The van der Waals surface area contributed by atoms with Gasteiger partial charge in [0.25, 0.3) is 0 Å². The molecule has 20 heavy (non-hydrogen) atoms. The van der Waals surface area contributed by atoms with Crippen molar-refractivity contribution in [1.29, 1.82) is 5.26 Å². The van der Waals surface area contributed by atoms with Gasteiger partial charge in [0.15, 0.2) is 0 Å². The van der Waals surface area contributed by atoms with Crippen LogP contribution in [-0.4, -0.2) is 19.6 Å². The van der Waals surface area contributed by atoms with Crippen LogP contribution >= 0.6 is 23.2 Å². The van der Waals surface area contributed by atoms with E-state index < -0.39 is 11.5 Å². The summed E-state index contributed by atoms with van der Waals surface area (Å²) >= 11 is 12.0. The third-order valence-electron chi connectivity index (χ3n) is 2.82. The van der Waals surface area contributed by atoms with Crippen molar-refractivity contribution in [3.8, 4) is 6.07 Å². The Morgan fingerprint density at radius 2 is 2.15 bits per heavy atom. The Labute approximate surface area is 128 Å². The van der Waals surface area contributed by atoms with E-state index in [1.807, 2.05) is 6.07 Å². The van der Waals surface area contributed by atoms with Crippen molar-refractivity contribution in [3.63, 3.8) is 0 Å². The zero-order valence-corrected chi connectivity index (χ0v) is 13.0. The van der Waals surface area contributed by atoms with E-state index in [0.717, 1.165) is 0 Å². The highest BCUT2D eigenvalue weighted by atomic mass is 35.5. The van der Waals surface area contributed by atoms with E-state index in [4.69, 9.17) is 27.9 Å². The third-order valence-corrected chi connectivity index (χ3v) is 3.65. The molecule has 0 aliphatic carbocycles. The highest BCUT2D eigenvalue weighted by Crippen LogP contribution is 2.30. The predicted molar refractivity (Wildman–Crippen MR) is 78.6 cm³/mol. The van der Waals surface area contributed by atoms with Crippen molar-refractivity contribution >= 4 is 29.1 Å². The first-order valence-electron chi connectivity index (χ1n) is 5.97. The number of hydrogen-bond acceptors (Lipinski definition) is 3. The zero-order chi connectivity index (χ0) is 15.3. The average molecular weight is 315 g/mol. The van der Waals surface area contributed by atoms with E-state index in [2.05, 4.69) is 5.32 Å². The number of nitriles is 1. The lowest BCUT2D eigenvalue weighted by atomic mass is 9.92. The molecule has 0 saturated heterocycles. The molecule has 0 aliphatic heterocycles. The second-order valence-corrected chi connectivity index (χ2v) is 5.78. The molecule has 0 unspecified atom stereocenters. The maximum atomic E-state index is 12.2. The summed E-state index contributed by atoms with van der Waals surface area (Å²) in [5.74, 6) is -0.290. The number of nitrogens with zero attached hydrogens (tertiary/aromatic N) is 1. The Kier molecular flexibility index (Phi) is 5.82. The first-order valence-corrected chi connectivity index (χ1v) is 6.72. The molecule has 0 spiro atoms. The van der Waals surface area contributed by atoms with Crippen LogP contribution in [0.4, 0.5) is 0 Å². The van der Waals surface area contributed by atoms with Crippen molar-refractivity contribution < 1.29 is 9.53 Å². The fourth-order valence-corrected chi connectivity index (χ4v) is 2.09. The molecule has 108 valence electrons. The number of methoxy groups -OCH3 is 1. The second-order valence-electron chi connectivity index (χ2n) is 5.00. The molecule has 0 radical (unpaired) electrons. The Morgan fingerprint density at radius 1 is 1.50 bits per heavy atom. The van der Waals surface area contributed by atoms with Crippen LogP contribution in [0.25, 0.3) is 0 Å². The number of carbonyl (C=O) groups excluding carboxylic acids is 1. The van der Waals surface area contributed by atoms with Gasteiger partial charge in [-0.15, -0.1) is 0 Å². The lowest BCUT2D eigenvalue weighted by molar-refractivity contribution is -0.132. The molecule has 4 nitrogen and oxygen atoms in total. The molecule has 0 bridgehead atoms. The monoisotopic (exact) mass is 314 g/mol. The van der Waals surface area contributed by atoms with E-state index in [1.54, 1.807) is 32.0 Å². The maximum Gasteiger partial charge on any atom is 0.229 e. The summed E-state index contributed by atoms with van der Waals surface area (Å²) in [6, 6.07) is 6.12. The smallest absolute Gasteiger partial charge is 0.229 e. The summed E-state index contributed by atoms with van der Waals surface area (Å²) in [6.45, 7) is 3.72. The Hall–Kier alpha value is -1.28. The van der Waals surface area contributed by atoms with Crippen LogP contribution in [0.15, 0.2) is 18.2 Å². The van der Waals surface area contributed by atoms with Gasteiger partial charge in [-0.25, -0.2) is 0 Å². The number of amides is 1. The molecule has 0 fully saturated rings. The summed E-state index contributed by atoms with van der Waals surface area (Å²) in [5, 5.41) is 12.5. The summed E-state index contributed by atoms with van der Waals surface area (Å²) < 4.78 is 5.00. The van der Waals surface area contributed by atoms with Gasteiger partial charge in [-0.1, -0.05) is 35.3 Å². The number of hydrogen-bond donors (Lipinski definition) is 1. The van der Waals surface area contributed by atoms with Crippen LogP contribution in [0, 0.1) is 16.7 Å². The minimum absolute atomic E-state index is 0.250. The van der Waals surface area contributed by atoms with Gasteiger partial charge in [0.2, 0.25) is 5.91 Å². The van der Waals surface area contributed by atoms with Gasteiger partial charge >= 0.3 is 0 Å². The molecule has 1 amide bonds. The largest absolute Gasteiger partial charge is 0.384 e. The minimum atomic E-state index is -0.857. The van der Waals surface area contributed by atoms with Crippen LogP contribution in [0.2, 0.25) is 10.0 Å². The molecule has 0 saturated carbocycles. The van der Waals surface area contributed by atoms with Crippen LogP contribution in [0.5, 0.6) is 0 Å². The van der Waals surface area contributed by atoms with Gasteiger partial charge < -0.3 is 10.1 Å². The van der Waals surface area contributed by atoms with Crippen molar-refractivity contribution in [3.05, 3.63) is 33.8 Å². The van der Waals surface area contributed by atoms with Crippen LogP contribution in [0.1, 0.15) is 25.5 Å². The van der Waals surface area contributed by atoms with Crippen molar-refractivity contribution in [2.24, 2.45) is 5.41 Å². The molecule has 1 rings (SSSR count). The second kappa shape index (κ2) is 6.94. The van der Waals surface area contributed by atoms with E-state index in [9.17, 15) is 10.1 Å². The number of ether oxygens (including phenoxy) is 1. The Bertz CT molecular complexity index is 538. The minimum Gasteiger partial charge on any atom is -0.384 e. The summed E-state index contributed by atoms with van der Waals surface area (Å²) in [6.07, 6.45) is 0. The quantitative estimate of drug-likeness (QED) is 0.906. The topological polar surface area (TPSA) is 62.1 Å². The standard InChI is InChI=1S/C14H16Cl2N2O2/c1-14(2,8-20-3)13(19)18-11(7-17)9-5-4-6-10(15)12(9)16/h4-6,11H,8H2,1-3H3,(H,18,19)/t11-/m1/s1. The fraction of sp³-hybridized carbons (Fsp3) is 0.429. The van der Waals surface area contributed by atoms with E-state index in [-0.39, 0.29) is 17.5 Å². The highest BCUT2D eigenvalue weighted by Gasteiger charge is 2.30. The van der Waals surface area contributed by atoms with Crippen LogP contribution in [-0.2, 0) is 9.53 Å². The highest BCUT2D eigenvalue weighted by molar-refractivity contribution is 6.42. The molecule has 0 aromatic heterocycles. The number of halogens is 2. The van der Waals surface area contributed by atoms with Crippen LogP contribution < -0.4 is 5.32 Å². The van der Waals surface area contributed by atoms with Crippen molar-refractivity contribution in [2.75, 3.05) is 13.7 Å². The molecule has 1 atom stereocenters. The first kappa shape index (κ1) is 16.8. The number of rotatable bonds is 5. The lowest BCUT2D eigenvalue weighted by Crippen LogP contribution is -2.41. The molecule has 6 heteroatoms. The van der Waals surface area contributed by atoms with Gasteiger partial charge in [-0.2, -0.15) is 5.26 Å². The molecule has 1 aromatic rings. The molecule has 1 aromatic carbocycles. The van der Waals surface area contributed by atoms with Gasteiger partial charge in [-0.3, -0.25) is 4.79 Å². The van der Waals surface area contributed by atoms with E-state index >= 15 is 0 Å². The zero-order valence-electron chi connectivity index (χ0n) is 11.5. The number of benzene rings is 1. The lowest BCUT2D eigenvalue weighted by Gasteiger charge is -2.24. The number of nitrogens with one attached hydrogen (secondary N) is 1. The van der Waals surface area contributed by atoms with E-state index in [0.29, 0.717) is 10.6 Å². The summed E-state index contributed by atoms with van der Waals surface area (Å²) in [4.78, 5) is 12.2. The SMILES string of the molecule is COCC(C)(C)C(=O)N[C@H](C#N)c1cccc(Cl)c1Cl. The molecular formula is C14H16Cl2N2O2. The van der Waals surface area contributed by atoms with Crippen molar-refractivity contribution in [1.82, 2.24) is 5.32 Å². The molecule has 0 heterocycles. The maximum absolute atomic E-state index is 12.2. The first-order chi connectivity index (χ1) is 9.33. The predicted octanol–water partition coefficient (Wildman–Crippen LogP) is 3.35. The average Bonchev–Trinajstić information content (AvgIpc) is 2.39. The van der Waals surface area contributed by atoms with Crippen molar-refractivity contribution in [2.45, 2.75) is 19.9 Å². The van der Waals surface area contributed by atoms with Gasteiger partial charge in [0.05, 0.1) is 28.1 Å². The normalized spacial score (nSPS) is 12.6. The number of carbonyl (C=O) groups is 1. The third kappa shape index (κ3) is 3.86. The van der Waals surface area contributed by atoms with E-state index in [1.165, 1.54) is 7.11 Å². The Balaban J connectivity index is 2.97. The summed E-state index contributed by atoms with van der Waals surface area (Å²) in [7, 11) is 1.52. The molecule has 1 N–H and O–H groups in total. The van der Waals surface area contributed by atoms with Gasteiger partial charge in [0, 0.05) is 12.7 Å².